The van der Waals surface area contributed by atoms with E-state index in [2.05, 4.69) is 36.1 Å². The highest BCUT2D eigenvalue weighted by Gasteiger charge is 2.33. The Hall–Kier alpha value is -3.00. The summed E-state index contributed by atoms with van der Waals surface area (Å²) in [5.74, 6) is 0.0457. The number of hydrogen-bond acceptors (Lipinski definition) is 8. The van der Waals surface area contributed by atoms with Gasteiger partial charge in [0.05, 0.1) is 38.2 Å². The van der Waals surface area contributed by atoms with Crippen LogP contribution in [0.25, 0.3) is 33.4 Å². The molecule has 0 amide bonds. The molecule has 1 fully saturated rings. The molecule has 0 aliphatic carbocycles. The summed E-state index contributed by atoms with van der Waals surface area (Å²) in [6.45, 7) is 1.07. The van der Waals surface area contributed by atoms with Crippen molar-refractivity contribution < 1.29 is 12.6 Å². The van der Waals surface area contributed by atoms with Gasteiger partial charge in [-0.15, -0.1) is 10.2 Å². The Morgan fingerprint density at radius 1 is 1.17 bits per heavy atom. The predicted octanol–water partition coefficient (Wildman–Crippen LogP) is 0.137. The molecule has 0 bridgehead atoms. The summed E-state index contributed by atoms with van der Waals surface area (Å²) in [7, 11) is -5.85. The molecule has 11 nitrogen and oxygen atoms in total. The summed E-state index contributed by atoms with van der Waals surface area (Å²) < 4.78 is 38.4. The quantitative estimate of drug-likeness (QED) is 0.336. The lowest BCUT2D eigenvalue weighted by atomic mass is 9.98. The highest BCUT2D eigenvalue weighted by atomic mass is 32.2. The van der Waals surface area contributed by atoms with E-state index in [1.54, 1.807) is 18.3 Å². The number of fused-ring (bicyclic) bond motifs is 1. The minimum absolute atomic E-state index is 0.0457. The molecule has 13 heteroatoms. The fourth-order valence-corrected chi connectivity index (χ4v) is 6.25. The van der Waals surface area contributed by atoms with Gasteiger partial charge in [-0.3, -0.25) is 9.31 Å². The van der Waals surface area contributed by atoms with Crippen LogP contribution >= 0.6 is 0 Å². The van der Waals surface area contributed by atoms with E-state index in [1.807, 2.05) is 18.2 Å². The monoisotopic (exact) mass is 444 g/mol. The van der Waals surface area contributed by atoms with E-state index in [1.165, 1.54) is 0 Å². The second kappa shape index (κ2) is 7.05. The predicted molar refractivity (Wildman–Crippen MR) is 109 cm³/mol. The van der Waals surface area contributed by atoms with Gasteiger partial charge in [0.2, 0.25) is 15.8 Å². The molecule has 2 aromatic heterocycles. The van der Waals surface area contributed by atoms with E-state index in [-0.39, 0.29) is 26.4 Å². The maximum absolute atomic E-state index is 13.1. The van der Waals surface area contributed by atoms with Gasteiger partial charge in [0.15, 0.2) is 0 Å². The lowest BCUT2D eigenvalue weighted by Crippen LogP contribution is -2.49. The Morgan fingerprint density at radius 3 is 2.67 bits per heavy atom. The van der Waals surface area contributed by atoms with Crippen molar-refractivity contribution in [2.24, 2.45) is 5.14 Å². The van der Waals surface area contributed by atoms with E-state index in [4.69, 9.17) is 5.14 Å². The second-order valence-electron chi connectivity index (χ2n) is 6.85. The van der Waals surface area contributed by atoms with Crippen LogP contribution < -0.4 is 10.5 Å². The largest absolute Gasteiger partial charge is 0.314 e. The van der Waals surface area contributed by atoms with Crippen molar-refractivity contribution in [1.82, 2.24) is 36.1 Å². The van der Waals surface area contributed by atoms with Crippen LogP contribution in [0, 0.1) is 0 Å². The first-order chi connectivity index (χ1) is 14.4. The van der Waals surface area contributed by atoms with Gasteiger partial charge in [-0.25, -0.2) is 13.6 Å². The van der Waals surface area contributed by atoms with Crippen LogP contribution in [0.1, 0.15) is 0 Å². The Kier molecular flexibility index (Phi) is 4.47. The van der Waals surface area contributed by atoms with Gasteiger partial charge in [0.1, 0.15) is 4.90 Å². The molecule has 3 heterocycles. The van der Waals surface area contributed by atoms with E-state index in [0.717, 1.165) is 10.9 Å². The minimum atomic E-state index is -4.27. The minimum Gasteiger partial charge on any atom is -0.314 e. The summed E-state index contributed by atoms with van der Waals surface area (Å²) in [5, 5.41) is 30.1. The smallest absolute Gasteiger partial charge is 0.240 e. The second-order valence-corrected chi connectivity index (χ2v) is 10.0. The summed E-state index contributed by atoms with van der Waals surface area (Å²) >= 11 is 0. The lowest BCUT2D eigenvalue weighted by Gasteiger charge is -2.27. The number of nitrogens with two attached hydrogens (primary N) is 1. The fraction of sp³-hybridized carbons (Fsp3) is 0.176. The van der Waals surface area contributed by atoms with Crippen molar-refractivity contribution in [1.29, 1.82) is 0 Å². The Balaban J connectivity index is 1.82. The maximum Gasteiger partial charge on any atom is 0.240 e. The number of nitrogens with one attached hydrogen (secondary N) is 3. The highest BCUT2D eigenvalue weighted by Crippen LogP contribution is 2.39. The molecule has 0 spiro atoms. The Labute approximate surface area is 173 Å². The van der Waals surface area contributed by atoms with Crippen LogP contribution in [0.15, 0.2) is 46.3 Å². The zero-order valence-electron chi connectivity index (χ0n) is 15.4. The average molecular weight is 445 g/mol. The van der Waals surface area contributed by atoms with Crippen LogP contribution in [0.2, 0.25) is 0 Å². The van der Waals surface area contributed by atoms with Gasteiger partial charge >= 0.3 is 0 Å². The molecule has 1 atom stereocenters. The van der Waals surface area contributed by atoms with Gasteiger partial charge in [-0.2, -0.15) is 10.3 Å². The average Bonchev–Trinajstić information content (AvgIpc) is 3.35. The molecule has 1 saturated heterocycles. The summed E-state index contributed by atoms with van der Waals surface area (Å²) in [6, 6.07) is 8.77. The van der Waals surface area contributed by atoms with E-state index >= 15 is 0 Å². The number of tetrazole rings is 1. The summed E-state index contributed by atoms with van der Waals surface area (Å²) in [5.41, 5.74) is 2.14. The highest BCUT2D eigenvalue weighted by molar-refractivity contribution is 7.91. The normalized spacial score (nSPS) is 15.9. The standard InChI is InChI=1S/C17H16N8O3S2/c18-30(27,28)16-14(29(26)11-7-19-8-11)4-3-12(15(16)17-22-24-25-23-17)9-1-2-10-6-20-21-13(10)5-9/h1-6,11,19H,7-8H2,(H,20,21)(H2,18,27,28)(H,22,23,24,25). The number of aromatic nitrogens is 6. The van der Waals surface area contributed by atoms with Crippen LogP contribution in [-0.4, -0.2) is 61.8 Å². The lowest BCUT2D eigenvalue weighted by molar-refractivity contribution is 0.525. The molecule has 30 heavy (non-hydrogen) atoms. The van der Waals surface area contributed by atoms with Crippen molar-refractivity contribution in [3.05, 3.63) is 36.5 Å². The molecule has 1 aliphatic rings. The van der Waals surface area contributed by atoms with Crippen LogP contribution in [0.4, 0.5) is 0 Å². The van der Waals surface area contributed by atoms with E-state index < -0.39 is 20.8 Å². The van der Waals surface area contributed by atoms with E-state index in [9.17, 15) is 12.6 Å². The summed E-state index contributed by atoms with van der Waals surface area (Å²) in [4.78, 5) is -0.119. The molecule has 1 unspecified atom stereocenters. The molecule has 154 valence electrons. The van der Waals surface area contributed by atoms with E-state index in [0.29, 0.717) is 24.2 Å². The number of rotatable bonds is 5. The van der Waals surface area contributed by atoms with Crippen LogP contribution in [0.5, 0.6) is 0 Å². The third-order valence-electron chi connectivity index (χ3n) is 4.99. The van der Waals surface area contributed by atoms with Crippen molar-refractivity contribution in [2.75, 3.05) is 13.1 Å². The van der Waals surface area contributed by atoms with Crippen molar-refractivity contribution >= 4 is 31.7 Å². The molecular formula is C17H16N8O3S2. The van der Waals surface area contributed by atoms with Gasteiger partial charge in [0.25, 0.3) is 0 Å². The summed E-state index contributed by atoms with van der Waals surface area (Å²) in [6.07, 6.45) is 1.69. The first kappa shape index (κ1) is 19.0. The first-order valence-electron chi connectivity index (χ1n) is 8.92. The first-order valence-corrected chi connectivity index (χ1v) is 11.7. The topological polar surface area (TPSA) is 172 Å². The SMILES string of the molecule is NS(=O)(=O)c1c(S(=O)C2CNC2)ccc(-c2ccc3cn[nH]c3c2)c1-c1nn[nH]n1. The number of hydrogen-bond donors (Lipinski definition) is 4. The molecule has 2 aromatic carbocycles. The zero-order valence-corrected chi connectivity index (χ0v) is 17.0. The number of nitrogens with zero attached hydrogens (tertiary/aromatic N) is 4. The van der Waals surface area contributed by atoms with Gasteiger partial charge < -0.3 is 5.32 Å². The van der Waals surface area contributed by atoms with Gasteiger partial charge in [-0.1, -0.05) is 18.2 Å². The molecule has 0 radical (unpaired) electrons. The number of aromatic amines is 2. The molecular weight excluding hydrogens is 428 g/mol. The number of primary sulfonamides is 1. The maximum atomic E-state index is 13.1. The van der Waals surface area contributed by atoms with Crippen molar-refractivity contribution in [3.63, 3.8) is 0 Å². The third-order valence-corrected chi connectivity index (χ3v) is 7.83. The van der Waals surface area contributed by atoms with Gasteiger partial charge in [0, 0.05) is 18.5 Å². The molecule has 5 rings (SSSR count). The number of sulfonamides is 1. The third kappa shape index (κ3) is 3.11. The van der Waals surface area contributed by atoms with Crippen LogP contribution in [0.3, 0.4) is 0 Å². The molecule has 1 aliphatic heterocycles. The number of H-pyrrole nitrogens is 2. The zero-order chi connectivity index (χ0) is 20.9. The molecule has 5 N–H and O–H groups in total. The van der Waals surface area contributed by atoms with Crippen LogP contribution in [-0.2, 0) is 20.8 Å². The van der Waals surface area contributed by atoms with Crippen molar-refractivity contribution in [3.8, 4) is 22.5 Å². The Bertz CT molecular complexity index is 1380. The number of benzene rings is 2. The molecule has 0 saturated carbocycles. The molecule has 4 aromatic rings. The fourth-order valence-electron chi connectivity index (χ4n) is 3.43. The Morgan fingerprint density at radius 2 is 2.00 bits per heavy atom. The van der Waals surface area contributed by atoms with Crippen molar-refractivity contribution in [2.45, 2.75) is 15.0 Å². The van der Waals surface area contributed by atoms with Gasteiger partial charge in [-0.05, 0) is 28.5 Å².